The van der Waals surface area contributed by atoms with Crippen LogP contribution in [0.25, 0.3) is 0 Å². The standard InChI is InChI=1S/C15H24N10S5.CS2/c16-11(17)24-14-22-9(7-29-14)5-27-3-1-20-13(26)21-2-4-28-6-10-8-30-15(23-10)25-12(18)19;2-1-3/h7-8H,1-6H2,(H2,20,21,26)(H4,16,17,22,24)(H4,18,19,23,25);. The molecule has 0 fully saturated rings. The van der Waals surface area contributed by atoms with Crippen LogP contribution >= 0.6 is 82.9 Å². The van der Waals surface area contributed by atoms with E-state index in [1.807, 2.05) is 15.1 Å². The second-order valence-electron chi connectivity index (χ2n) is 5.69. The van der Waals surface area contributed by atoms with Gasteiger partial charge in [0.2, 0.25) is 10.3 Å². The number of nitrogens with zero attached hydrogens (tertiary/aromatic N) is 4. The van der Waals surface area contributed by atoms with Gasteiger partial charge in [-0.2, -0.15) is 33.5 Å². The Bertz CT molecular complexity index is 873. The van der Waals surface area contributed by atoms with E-state index in [4.69, 9.17) is 35.2 Å². The van der Waals surface area contributed by atoms with Gasteiger partial charge in [-0.15, -0.1) is 22.7 Å². The van der Waals surface area contributed by atoms with Crippen LogP contribution in [0.3, 0.4) is 0 Å². The molecule has 0 aliphatic carbocycles. The lowest BCUT2D eigenvalue weighted by Crippen LogP contribution is -2.37. The number of nitrogens with two attached hydrogens (primary N) is 4. The summed E-state index contributed by atoms with van der Waals surface area (Å²) in [5.41, 5.74) is 23.3. The summed E-state index contributed by atoms with van der Waals surface area (Å²) in [5, 5.41) is 12.1. The van der Waals surface area contributed by atoms with Crippen LogP contribution in [0, 0.1) is 0 Å². The lowest BCUT2D eigenvalue weighted by Gasteiger charge is -2.09. The highest BCUT2D eigenvalue weighted by Crippen LogP contribution is 2.22. The first-order valence-corrected chi connectivity index (χ1v) is 14.4. The van der Waals surface area contributed by atoms with Crippen LogP contribution < -0.4 is 33.6 Å². The van der Waals surface area contributed by atoms with Crippen molar-refractivity contribution < 1.29 is 0 Å². The highest BCUT2D eigenvalue weighted by molar-refractivity contribution is 7.98. The van der Waals surface area contributed by atoms with Gasteiger partial charge >= 0.3 is 0 Å². The van der Waals surface area contributed by atoms with Gasteiger partial charge < -0.3 is 33.6 Å². The molecule has 0 unspecified atom stereocenters. The molecule has 2 heterocycles. The first-order valence-electron chi connectivity index (χ1n) is 9.08. The fourth-order valence-electron chi connectivity index (χ4n) is 1.94. The maximum atomic E-state index is 5.34. The van der Waals surface area contributed by atoms with Crippen LogP contribution in [-0.2, 0) is 11.5 Å². The largest absolute Gasteiger partial charge is 0.370 e. The average molecular weight is 581 g/mol. The Morgan fingerprint density at radius 2 is 1.27 bits per heavy atom. The molecule has 0 bridgehead atoms. The molecule has 0 aliphatic heterocycles. The molecule has 2 rings (SSSR count). The third-order valence-electron chi connectivity index (χ3n) is 3.09. The predicted octanol–water partition coefficient (Wildman–Crippen LogP) is 2.06. The summed E-state index contributed by atoms with van der Waals surface area (Å²) in [7, 11) is 0. The van der Waals surface area contributed by atoms with Gasteiger partial charge in [0.1, 0.15) is 0 Å². The topological polar surface area (TPSA) is 179 Å². The zero-order valence-electron chi connectivity index (χ0n) is 17.4. The lowest BCUT2D eigenvalue weighted by molar-refractivity contribution is 0.892. The quantitative estimate of drug-likeness (QED) is 0.0930. The number of guanidine groups is 2. The fourth-order valence-corrected chi connectivity index (χ4v) is 5.26. The summed E-state index contributed by atoms with van der Waals surface area (Å²) in [6.45, 7) is 1.56. The van der Waals surface area contributed by atoms with Crippen molar-refractivity contribution in [2.45, 2.75) is 11.5 Å². The average Bonchev–Trinajstić information content (AvgIpc) is 3.36. The van der Waals surface area contributed by atoms with E-state index in [9.17, 15) is 0 Å². The summed E-state index contributed by atoms with van der Waals surface area (Å²) in [5.74, 6) is 3.47. The van der Waals surface area contributed by atoms with Gasteiger partial charge in [0.15, 0.2) is 17.0 Å². The maximum absolute atomic E-state index is 5.34. The van der Waals surface area contributed by atoms with E-state index < -0.39 is 0 Å². The van der Waals surface area contributed by atoms with E-state index in [1.54, 1.807) is 23.5 Å². The van der Waals surface area contributed by atoms with Crippen LogP contribution in [0.2, 0.25) is 0 Å². The molecule has 2 aromatic heterocycles. The number of aromatic nitrogens is 2. The Morgan fingerprint density at radius 3 is 1.64 bits per heavy atom. The number of hydrogen-bond donors (Lipinski definition) is 6. The molecule has 10 N–H and O–H groups in total. The van der Waals surface area contributed by atoms with E-state index in [0.29, 0.717) is 15.4 Å². The molecular formula is C16H24N10S7. The minimum atomic E-state index is 0.0206. The van der Waals surface area contributed by atoms with Crippen molar-refractivity contribution in [1.82, 2.24) is 20.6 Å². The van der Waals surface area contributed by atoms with E-state index in [-0.39, 0.29) is 11.9 Å². The molecule has 0 saturated heterocycles. The third kappa shape index (κ3) is 15.0. The van der Waals surface area contributed by atoms with Crippen molar-refractivity contribution in [2.75, 3.05) is 24.6 Å². The molecule has 0 aromatic carbocycles. The van der Waals surface area contributed by atoms with Crippen LogP contribution in [0.1, 0.15) is 11.4 Å². The Balaban J connectivity index is 0.00000172. The Morgan fingerprint density at radius 1 is 0.879 bits per heavy atom. The number of aliphatic imine (C=N–C) groups is 2. The number of thiocarbonyl (C=S) groups is 3. The van der Waals surface area contributed by atoms with Crippen LogP contribution in [-0.4, -0.2) is 55.9 Å². The zero-order valence-corrected chi connectivity index (χ0v) is 23.1. The van der Waals surface area contributed by atoms with Crippen molar-refractivity contribution in [3.63, 3.8) is 0 Å². The third-order valence-corrected chi connectivity index (χ3v) is 6.93. The van der Waals surface area contributed by atoms with Crippen molar-refractivity contribution in [3.8, 4) is 0 Å². The molecule has 2 aromatic rings. The van der Waals surface area contributed by atoms with Gasteiger partial charge in [-0.3, -0.25) is 0 Å². The van der Waals surface area contributed by atoms with Crippen molar-refractivity contribution in [2.24, 2.45) is 32.9 Å². The first kappa shape index (κ1) is 29.4. The summed E-state index contributed by atoms with van der Waals surface area (Å²) in [6, 6.07) is 0. The molecule has 17 heteroatoms. The lowest BCUT2D eigenvalue weighted by atomic mass is 10.6. The Hall–Kier alpha value is -1.59. The summed E-state index contributed by atoms with van der Waals surface area (Å²) in [6.07, 6.45) is 0. The highest BCUT2D eigenvalue weighted by Gasteiger charge is 2.03. The van der Waals surface area contributed by atoms with Gasteiger partial charge in [0.05, 0.1) is 11.4 Å². The van der Waals surface area contributed by atoms with Crippen molar-refractivity contribution in [3.05, 3.63) is 22.1 Å². The van der Waals surface area contributed by atoms with E-state index in [1.165, 1.54) is 22.7 Å². The molecule has 10 nitrogen and oxygen atoms in total. The summed E-state index contributed by atoms with van der Waals surface area (Å²) in [4.78, 5) is 16.6. The van der Waals surface area contributed by atoms with Gasteiger partial charge in [0.25, 0.3) is 0 Å². The minimum Gasteiger partial charge on any atom is -0.370 e. The van der Waals surface area contributed by atoms with E-state index in [2.05, 4.69) is 55.0 Å². The summed E-state index contributed by atoms with van der Waals surface area (Å²) < 4.78 is 1.92. The molecular weight excluding hydrogens is 557 g/mol. The number of rotatable bonds is 12. The molecule has 0 aliphatic rings. The van der Waals surface area contributed by atoms with Crippen LogP contribution in [0.15, 0.2) is 20.7 Å². The molecule has 0 atom stereocenters. The normalized spacial score (nSPS) is 9.70. The second-order valence-corrected chi connectivity index (χ2v) is 10.6. The molecule has 0 amide bonds. The molecule has 0 saturated carbocycles. The van der Waals surface area contributed by atoms with Gasteiger partial charge in [-0.25, -0.2) is 9.97 Å². The highest BCUT2D eigenvalue weighted by atomic mass is 32.2. The van der Waals surface area contributed by atoms with E-state index in [0.717, 1.165) is 47.5 Å². The molecule has 180 valence electrons. The zero-order chi connectivity index (χ0) is 24.5. The fraction of sp³-hybridized carbons (Fsp3) is 0.375. The van der Waals surface area contributed by atoms with Crippen molar-refractivity contribution in [1.29, 1.82) is 0 Å². The smallest absolute Gasteiger partial charge is 0.212 e. The van der Waals surface area contributed by atoms with Crippen LogP contribution in [0.5, 0.6) is 0 Å². The van der Waals surface area contributed by atoms with E-state index >= 15 is 0 Å². The summed E-state index contributed by atoms with van der Waals surface area (Å²) >= 11 is 19.6. The molecule has 33 heavy (non-hydrogen) atoms. The number of hydrogen-bond acceptors (Lipinski definition) is 11. The molecule has 0 radical (unpaired) electrons. The van der Waals surface area contributed by atoms with Gasteiger partial charge in [-0.05, 0) is 36.7 Å². The maximum Gasteiger partial charge on any atom is 0.212 e. The second kappa shape index (κ2) is 17.8. The van der Waals surface area contributed by atoms with Crippen LogP contribution in [0.4, 0.5) is 10.3 Å². The molecule has 0 spiro atoms. The monoisotopic (exact) mass is 580 g/mol. The first-order chi connectivity index (χ1) is 15.8. The minimum absolute atomic E-state index is 0.0206. The number of nitrogens with one attached hydrogen (secondary N) is 2. The van der Waals surface area contributed by atoms with Gasteiger partial charge in [0, 0.05) is 51.2 Å². The van der Waals surface area contributed by atoms with Gasteiger partial charge in [-0.1, -0.05) is 0 Å². The van der Waals surface area contributed by atoms with Crippen molar-refractivity contribution >= 4 is 114 Å². The SMILES string of the molecule is NC(N)=Nc1nc(CSCCNC(=S)NCCSCc2csc(N=C(N)N)n2)cs1.S=C=S. The number of thioether (sulfide) groups is 2. The number of thiazole rings is 2. The Labute approximate surface area is 224 Å². The predicted molar refractivity (Wildman–Crippen MR) is 156 cm³/mol. The Kier molecular flexibility index (Phi) is 15.9.